The van der Waals surface area contributed by atoms with Gasteiger partial charge in [0.25, 0.3) is 11.8 Å². The maximum atomic E-state index is 13.4. The summed E-state index contributed by atoms with van der Waals surface area (Å²) in [5.74, 6) is -0.663. The minimum Gasteiger partial charge on any atom is -0.392 e. The van der Waals surface area contributed by atoms with Crippen molar-refractivity contribution in [2.24, 2.45) is 4.99 Å². The minimum absolute atomic E-state index is 0.0987. The second-order valence-electron chi connectivity index (χ2n) is 7.50. The number of rotatable bonds is 4. The molecule has 31 heavy (non-hydrogen) atoms. The summed E-state index contributed by atoms with van der Waals surface area (Å²) < 4.78 is 0. The van der Waals surface area contributed by atoms with Gasteiger partial charge < -0.3 is 15.3 Å². The van der Waals surface area contributed by atoms with Gasteiger partial charge in [-0.05, 0) is 35.7 Å². The quantitative estimate of drug-likeness (QED) is 0.686. The molecule has 0 saturated heterocycles. The molecule has 5 rings (SSSR count). The van der Waals surface area contributed by atoms with E-state index in [-0.39, 0.29) is 12.5 Å². The molecule has 3 heterocycles. The van der Waals surface area contributed by atoms with Crippen LogP contribution in [0.1, 0.15) is 32.6 Å². The molecule has 0 bridgehead atoms. The van der Waals surface area contributed by atoms with Gasteiger partial charge in [-0.2, -0.15) is 0 Å². The van der Waals surface area contributed by atoms with Crippen LogP contribution in [0, 0.1) is 0 Å². The number of aliphatic hydroxyl groups is 1. The number of hydrogen-bond acceptors (Lipinski definition) is 5. The van der Waals surface area contributed by atoms with Crippen molar-refractivity contribution in [3.8, 4) is 0 Å². The van der Waals surface area contributed by atoms with E-state index in [1.54, 1.807) is 17.0 Å². The van der Waals surface area contributed by atoms with Crippen molar-refractivity contribution >= 4 is 23.2 Å². The zero-order valence-electron chi connectivity index (χ0n) is 16.7. The van der Waals surface area contributed by atoms with E-state index in [1.807, 2.05) is 42.5 Å². The van der Waals surface area contributed by atoms with Crippen LogP contribution in [0.2, 0.25) is 0 Å². The molecule has 2 aromatic carbocycles. The molecular weight excluding hydrogens is 392 g/mol. The highest BCUT2D eigenvalue weighted by Crippen LogP contribution is 2.37. The molecule has 1 unspecified atom stereocenters. The summed E-state index contributed by atoms with van der Waals surface area (Å²) in [5, 5.41) is 12.5. The standard InChI is InChI=1S/C24H20N4O3/c29-14-15-12-18-8-11-28-21(18)19(13-15)20(16-4-2-1-3-5-16)26-22(24(28)31)27-23(30)17-6-9-25-10-7-17/h1-7,9-10,12-13,22,29H,8,11,14H2,(H,27,30). The number of benzene rings is 2. The van der Waals surface area contributed by atoms with E-state index in [2.05, 4.69) is 10.3 Å². The van der Waals surface area contributed by atoms with Crippen molar-refractivity contribution in [1.29, 1.82) is 0 Å². The van der Waals surface area contributed by atoms with Gasteiger partial charge >= 0.3 is 0 Å². The number of carbonyl (C=O) groups excluding carboxylic acids is 2. The van der Waals surface area contributed by atoms with Crippen LogP contribution in [-0.2, 0) is 17.8 Å². The van der Waals surface area contributed by atoms with Crippen LogP contribution in [-0.4, -0.2) is 40.3 Å². The fourth-order valence-electron chi connectivity index (χ4n) is 4.14. The molecule has 2 aliphatic heterocycles. The molecule has 1 aromatic heterocycles. The summed E-state index contributed by atoms with van der Waals surface area (Å²) in [6, 6.07) is 16.6. The third-order valence-electron chi connectivity index (χ3n) is 5.58. The van der Waals surface area contributed by atoms with Crippen molar-refractivity contribution in [3.05, 3.63) is 94.8 Å². The molecule has 0 fully saturated rings. The van der Waals surface area contributed by atoms with E-state index in [0.29, 0.717) is 24.2 Å². The van der Waals surface area contributed by atoms with Gasteiger partial charge in [-0.15, -0.1) is 0 Å². The molecule has 7 nitrogen and oxygen atoms in total. The maximum Gasteiger partial charge on any atom is 0.272 e. The first-order chi connectivity index (χ1) is 15.2. The van der Waals surface area contributed by atoms with Crippen LogP contribution >= 0.6 is 0 Å². The average Bonchev–Trinajstić information content (AvgIpc) is 3.21. The highest BCUT2D eigenvalue weighted by molar-refractivity contribution is 6.21. The van der Waals surface area contributed by atoms with Gasteiger partial charge in [-0.1, -0.05) is 36.4 Å². The van der Waals surface area contributed by atoms with Crippen molar-refractivity contribution < 1.29 is 14.7 Å². The van der Waals surface area contributed by atoms with Gasteiger partial charge in [-0.3, -0.25) is 14.6 Å². The largest absolute Gasteiger partial charge is 0.392 e. The molecule has 7 heteroatoms. The summed E-state index contributed by atoms with van der Waals surface area (Å²) in [5.41, 5.74) is 5.23. The number of amides is 2. The number of pyridine rings is 1. The first-order valence-corrected chi connectivity index (χ1v) is 10.1. The average molecular weight is 412 g/mol. The van der Waals surface area contributed by atoms with Crippen LogP contribution in [0.15, 0.2) is 72.0 Å². The third kappa shape index (κ3) is 3.39. The molecule has 0 radical (unpaired) electrons. The van der Waals surface area contributed by atoms with Crippen molar-refractivity contribution in [2.75, 3.05) is 11.4 Å². The van der Waals surface area contributed by atoms with Gasteiger partial charge in [-0.25, -0.2) is 4.99 Å². The molecule has 0 spiro atoms. The predicted molar refractivity (Wildman–Crippen MR) is 116 cm³/mol. The Kier molecular flexibility index (Phi) is 4.80. The molecule has 2 N–H and O–H groups in total. The zero-order valence-corrected chi connectivity index (χ0v) is 16.7. The number of anilines is 1. The van der Waals surface area contributed by atoms with Gasteiger partial charge in [0.05, 0.1) is 18.0 Å². The second-order valence-corrected chi connectivity index (χ2v) is 7.50. The van der Waals surface area contributed by atoms with E-state index in [0.717, 1.165) is 27.9 Å². The second kappa shape index (κ2) is 7.77. The van der Waals surface area contributed by atoms with Crippen LogP contribution in [0.5, 0.6) is 0 Å². The Bertz CT molecular complexity index is 1190. The Labute approximate surface area is 179 Å². The first-order valence-electron chi connectivity index (χ1n) is 10.1. The Hall–Kier alpha value is -3.84. The van der Waals surface area contributed by atoms with Crippen molar-refractivity contribution in [2.45, 2.75) is 19.2 Å². The fourth-order valence-corrected chi connectivity index (χ4v) is 4.14. The lowest BCUT2D eigenvalue weighted by Gasteiger charge is -2.21. The Morgan fingerprint density at radius 3 is 2.65 bits per heavy atom. The lowest BCUT2D eigenvalue weighted by molar-refractivity contribution is -0.120. The van der Waals surface area contributed by atoms with Gasteiger partial charge in [0, 0.05) is 35.6 Å². The zero-order chi connectivity index (χ0) is 21.4. The number of carbonyl (C=O) groups is 2. The molecule has 154 valence electrons. The summed E-state index contributed by atoms with van der Waals surface area (Å²) in [6.07, 6.45) is 2.68. The van der Waals surface area contributed by atoms with Gasteiger partial charge in [0.2, 0.25) is 6.17 Å². The van der Waals surface area contributed by atoms with Gasteiger partial charge in [0.1, 0.15) is 0 Å². The fraction of sp³-hybridized carbons (Fsp3) is 0.167. The van der Waals surface area contributed by atoms with Crippen LogP contribution in [0.4, 0.5) is 5.69 Å². The maximum absolute atomic E-state index is 13.4. The van der Waals surface area contributed by atoms with Crippen LogP contribution in [0.3, 0.4) is 0 Å². The molecular formula is C24H20N4O3. The smallest absolute Gasteiger partial charge is 0.272 e. The number of aromatic nitrogens is 1. The van der Waals surface area contributed by atoms with E-state index >= 15 is 0 Å². The molecule has 0 aliphatic carbocycles. The lowest BCUT2D eigenvalue weighted by atomic mass is 9.95. The van der Waals surface area contributed by atoms with E-state index in [1.165, 1.54) is 12.4 Å². The normalized spacial score (nSPS) is 17.1. The number of aliphatic hydroxyl groups excluding tert-OH is 1. The van der Waals surface area contributed by atoms with Crippen molar-refractivity contribution in [1.82, 2.24) is 10.3 Å². The monoisotopic (exact) mass is 412 g/mol. The van der Waals surface area contributed by atoms with Gasteiger partial charge in [0.15, 0.2) is 0 Å². The topological polar surface area (TPSA) is 94.9 Å². The molecule has 1 atom stereocenters. The molecule has 2 amide bonds. The lowest BCUT2D eigenvalue weighted by Crippen LogP contribution is -2.46. The minimum atomic E-state index is -1.06. The summed E-state index contributed by atoms with van der Waals surface area (Å²) in [6.45, 7) is 0.410. The number of nitrogens with zero attached hydrogens (tertiary/aromatic N) is 3. The first kappa shape index (κ1) is 19.1. The number of hydrogen-bond donors (Lipinski definition) is 2. The Morgan fingerprint density at radius 1 is 1.13 bits per heavy atom. The summed E-state index contributed by atoms with van der Waals surface area (Å²) in [4.78, 5) is 36.6. The highest BCUT2D eigenvalue weighted by Gasteiger charge is 2.37. The SMILES string of the molecule is O=C(NC1N=C(c2ccccc2)c2cc(CO)cc3c2N(CC3)C1=O)c1ccncc1. The highest BCUT2D eigenvalue weighted by atomic mass is 16.3. The van der Waals surface area contributed by atoms with E-state index < -0.39 is 12.1 Å². The number of aliphatic imine (C=N–C) groups is 1. The summed E-state index contributed by atoms with van der Waals surface area (Å²) in [7, 11) is 0. The third-order valence-corrected chi connectivity index (χ3v) is 5.58. The van der Waals surface area contributed by atoms with E-state index in [4.69, 9.17) is 4.99 Å². The summed E-state index contributed by atoms with van der Waals surface area (Å²) >= 11 is 0. The molecule has 0 saturated carbocycles. The van der Waals surface area contributed by atoms with Crippen LogP contribution < -0.4 is 10.2 Å². The predicted octanol–water partition coefficient (Wildman–Crippen LogP) is 2.07. The Balaban J connectivity index is 1.64. The van der Waals surface area contributed by atoms with Crippen molar-refractivity contribution in [3.63, 3.8) is 0 Å². The van der Waals surface area contributed by atoms with E-state index in [9.17, 15) is 14.7 Å². The Morgan fingerprint density at radius 2 is 1.90 bits per heavy atom. The molecule has 3 aromatic rings. The molecule has 2 aliphatic rings. The van der Waals surface area contributed by atoms with Crippen LogP contribution in [0.25, 0.3) is 0 Å². The number of nitrogens with one attached hydrogen (secondary N) is 1.